The summed E-state index contributed by atoms with van der Waals surface area (Å²) in [6.45, 7) is 3.87. The van der Waals surface area contributed by atoms with Gasteiger partial charge in [0.05, 0.1) is 11.5 Å². The minimum absolute atomic E-state index is 0.00981. The Kier molecular flexibility index (Phi) is 5.92. The van der Waals surface area contributed by atoms with Gasteiger partial charge in [-0.15, -0.1) is 0 Å². The highest BCUT2D eigenvalue weighted by Crippen LogP contribution is 2.16. The molecule has 1 aliphatic heterocycles. The van der Waals surface area contributed by atoms with Crippen molar-refractivity contribution < 1.29 is 4.79 Å². The van der Waals surface area contributed by atoms with Crippen LogP contribution in [0.1, 0.15) is 26.2 Å². The predicted molar refractivity (Wildman–Crippen MR) is 88.6 cm³/mol. The van der Waals surface area contributed by atoms with E-state index in [-0.39, 0.29) is 12.3 Å². The highest BCUT2D eigenvalue weighted by atomic mass is 16.2. The van der Waals surface area contributed by atoms with Gasteiger partial charge in [0.25, 0.3) is 0 Å². The summed E-state index contributed by atoms with van der Waals surface area (Å²) in [6.07, 6.45) is 5.58. The summed E-state index contributed by atoms with van der Waals surface area (Å²) in [5.74, 6) is 1.58. The van der Waals surface area contributed by atoms with Gasteiger partial charge in [-0.05, 0) is 24.8 Å². The molecule has 1 fully saturated rings. The maximum absolute atomic E-state index is 11.2. The molecule has 2 aromatic rings. The summed E-state index contributed by atoms with van der Waals surface area (Å²) in [7, 11) is 1.84. The van der Waals surface area contributed by atoms with E-state index in [9.17, 15) is 4.79 Å². The van der Waals surface area contributed by atoms with Crippen LogP contribution in [0.3, 0.4) is 0 Å². The largest absolute Gasteiger partial charge is 0.372 e. The topological polar surface area (TPSA) is 97.7 Å². The molecular weight excluding hydrogens is 292 g/mol. The molecule has 1 saturated heterocycles. The van der Waals surface area contributed by atoms with Crippen molar-refractivity contribution in [2.45, 2.75) is 26.2 Å². The van der Waals surface area contributed by atoms with Gasteiger partial charge in [-0.2, -0.15) is 5.26 Å². The fourth-order valence-electron chi connectivity index (χ4n) is 2.51. The normalized spacial score (nSPS) is 14.7. The van der Waals surface area contributed by atoms with Gasteiger partial charge >= 0.3 is 0 Å². The first kappa shape index (κ1) is 16.7. The predicted octanol–water partition coefficient (Wildman–Crippen LogP) is 2.16. The smallest absolute Gasteiger partial charge is 0.236 e. The zero-order chi connectivity index (χ0) is 16.7. The third-order valence-corrected chi connectivity index (χ3v) is 3.96. The Balaban J connectivity index is 0.000000167. The number of fused-ring (bicyclic) bond motifs is 1. The van der Waals surface area contributed by atoms with Crippen LogP contribution in [0, 0.1) is 17.2 Å². The molecule has 1 amide bonds. The molecule has 0 bridgehead atoms. The quantitative estimate of drug-likeness (QED) is 0.885. The summed E-state index contributed by atoms with van der Waals surface area (Å²) in [4.78, 5) is 24.1. The number of nitrogens with zero attached hydrogens (tertiary/aromatic N) is 4. The lowest BCUT2D eigenvalue weighted by Gasteiger charge is -2.29. The van der Waals surface area contributed by atoms with Gasteiger partial charge in [0.1, 0.15) is 24.2 Å². The Morgan fingerprint density at radius 3 is 2.87 bits per heavy atom. The monoisotopic (exact) mass is 314 g/mol. The number of carbonyl (C=O) groups excluding carboxylic acids is 1. The van der Waals surface area contributed by atoms with Crippen LogP contribution >= 0.6 is 0 Å². The first-order valence-corrected chi connectivity index (χ1v) is 7.76. The van der Waals surface area contributed by atoms with Crippen molar-refractivity contribution in [2.75, 3.05) is 25.5 Å². The van der Waals surface area contributed by atoms with E-state index >= 15 is 0 Å². The van der Waals surface area contributed by atoms with Gasteiger partial charge in [-0.25, -0.2) is 9.97 Å². The number of rotatable bonds is 2. The van der Waals surface area contributed by atoms with Gasteiger partial charge in [-0.1, -0.05) is 6.92 Å². The zero-order valence-electron chi connectivity index (χ0n) is 13.5. The number of likely N-dealkylation sites (tertiary alicyclic amines) is 1. The van der Waals surface area contributed by atoms with Crippen molar-refractivity contribution >= 4 is 22.8 Å². The second kappa shape index (κ2) is 8.13. The average molecular weight is 314 g/mol. The molecule has 2 N–H and O–H groups in total. The van der Waals surface area contributed by atoms with E-state index in [1.807, 2.05) is 25.4 Å². The van der Waals surface area contributed by atoms with Crippen molar-refractivity contribution in [1.29, 1.82) is 5.26 Å². The fraction of sp³-hybridized carbons (Fsp3) is 0.500. The lowest BCUT2D eigenvalue weighted by Crippen LogP contribution is -2.37. The summed E-state index contributed by atoms with van der Waals surface area (Å²) in [5.41, 5.74) is 0.865. The average Bonchev–Trinajstić information content (AvgIpc) is 3.05. The van der Waals surface area contributed by atoms with Crippen LogP contribution in [0.5, 0.6) is 0 Å². The van der Waals surface area contributed by atoms with Crippen LogP contribution in [-0.4, -0.2) is 45.9 Å². The van der Waals surface area contributed by atoms with E-state index in [2.05, 4.69) is 27.2 Å². The number of amides is 1. The Bertz CT molecular complexity index is 681. The molecule has 23 heavy (non-hydrogen) atoms. The first-order valence-electron chi connectivity index (χ1n) is 7.76. The van der Waals surface area contributed by atoms with E-state index in [1.54, 1.807) is 4.90 Å². The Morgan fingerprint density at radius 2 is 2.22 bits per heavy atom. The number of hydrogen-bond acceptors (Lipinski definition) is 5. The third kappa shape index (κ3) is 4.42. The van der Waals surface area contributed by atoms with E-state index in [4.69, 9.17) is 5.26 Å². The van der Waals surface area contributed by atoms with Gasteiger partial charge in [0.15, 0.2) is 0 Å². The van der Waals surface area contributed by atoms with Crippen LogP contribution in [0.15, 0.2) is 18.6 Å². The lowest BCUT2D eigenvalue weighted by atomic mass is 9.99. The van der Waals surface area contributed by atoms with E-state index < -0.39 is 0 Å². The molecule has 0 unspecified atom stereocenters. The van der Waals surface area contributed by atoms with Crippen molar-refractivity contribution in [2.24, 2.45) is 5.92 Å². The minimum atomic E-state index is -0.00981. The number of piperidine rings is 1. The zero-order valence-corrected chi connectivity index (χ0v) is 13.5. The Morgan fingerprint density at radius 1 is 1.48 bits per heavy atom. The number of aromatic nitrogens is 3. The van der Waals surface area contributed by atoms with E-state index in [0.29, 0.717) is 0 Å². The van der Waals surface area contributed by atoms with Gasteiger partial charge < -0.3 is 15.2 Å². The van der Waals surface area contributed by atoms with Crippen LogP contribution in [-0.2, 0) is 4.79 Å². The molecule has 122 valence electrons. The molecule has 0 radical (unpaired) electrons. The van der Waals surface area contributed by atoms with E-state index in [0.717, 1.165) is 48.7 Å². The van der Waals surface area contributed by atoms with E-state index in [1.165, 1.54) is 6.33 Å². The van der Waals surface area contributed by atoms with Crippen molar-refractivity contribution in [1.82, 2.24) is 19.9 Å². The fourth-order valence-corrected chi connectivity index (χ4v) is 2.51. The number of carbonyl (C=O) groups is 1. The molecule has 3 heterocycles. The van der Waals surface area contributed by atoms with Crippen molar-refractivity contribution in [3.63, 3.8) is 0 Å². The number of anilines is 1. The number of nitriles is 1. The molecule has 7 nitrogen and oxygen atoms in total. The summed E-state index contributed by atoms with van der Waals surface area (Å²) >= 11 is 0. The highest BCUT2D eigenvalue weighted by molar-refractivity contribution is 5.86. The molecule has 1 aliphatic rings. The molecule has 0 aliphatic carbocycles. The second-order valence-electron chi connectivity index (χ2n) is 5.61. The molecule has 0 saturated carbocycles. The first-order chi connectivity index (χ1) is 11.2. The van der Waals surface area contributed by atoms with Crippen LogP contribution in [0.4, 0.5) is 5.82 Å². The lowest BCUT2D eigenvalue weighted by molar-refractivity contribution is -0.131. The van der Waals surface area contributed by atoms with Crippen LogP contribution in [0.25, 0.3) is 11.0 Å². The maximum Gasteiger partial charge on any atom is 0.236 e. The molecule has 7 heteroatoms. The molecule has 2 aromatic heterocycles. The van der Waals surface area contributed by atoms with Gasteiger partial charge in [0, 0.05) is 26.3 Å². The van der Waals surface area contributed by atoms with Crippen LogP contribution < -0.4 is 5.32 Å². The standard InChI is InChI=1S/C9H14N2O.C7H8N4/c1-8-3-6-11(7-4-8)9(12)2-5-10;1-8-6-5-2-3-9-7(5)11-4-10-6/h8H,2-4,6-7H2,1H3;2-4H,1H3,(H2,8,9,10,11). The SMILES string of the molecule is CC1CCN(C(=O)CC#N)CC1.CNc1ncnc2[nH]ccc12. The summed E-state index contributed by atoms with van der Waals surface area (Å²) < 4.78 is 0. The molecular formula is C16H22N6O. The summed E-state index contributed by atoms with van der Waals surface area (Å²) in [6, 6.07) is 3.83. The molecule has 0 aromatic carbocycles. The highest BCUT2D eigenvalue weighted by Gasteiger charge is 2.19. The van der Waals surface area contributed by atoms with Crippen LogP contribution in [0.2, 0.25) is 0 Å². The third-order valence-electron chi connectivity index (χ3n) is 3.96. The molecule has 0 spiro atoms. The second-order valence-corrected chi connectivity index (χ2v) is 5.61. The molecule has 3 rings (SSSR count). The maximum atomic E-state index is 11.2. The minimum Gasteiger partial charge on any atom is -0.372 e. The number of aromatic amines is 1. The van der Waals surface area contributed by atoms with Crippen molar-refractivity contribution in [3.8, 4) is 6.07 Å². The van der Waals surface area contributed by atoms with Crippen molar-refractivity contribution in [3.05, 3.63) is 18.6 Å². The number of H-pyrrole nitrogens is 1. The molecule has 0 atom stereocenters. The van der Waals surface area contributed by atoms with Gasteiger partial charge in [0.2, 0.25) is 5.91 Å². The summed E-state index contributed by atoms with van der Waals surface area (Å²) in [5, 5.41) is 12.3. The van der Waals surface area contributed by atoms with Gasteiger partial charge in [-0.3, -0.25) is 4.79 Å². The Hall–Kier alpha value is -2.62. The number of hydrogen-bond donors (Lipinski definition) is 2. The number of nitrogens with one attached hydrogen (secondary N) is 2. The Labute approximate surface area is 135 Å².